The number of carbonyl (C=O) groups is 1. The van der Waals surface area contributed by atoms with E-state index in [1.54, 1.807) is 0 Å². The third-order valence-electron chi connectivity index (χ3n) is 0.909. The maximum atomic E-state index is 10.5. The minimum Gasteiger partial charge on any atom is -0.334 e. The molecule has 0 aliphatic rings. The maximum absolute atomic E-state index is 10.5. The van der Waals surface area contributed by atoms with E-state index in [9.17, 15) is 9.36 Å². The molecule has 0 fully saturated rings. The van der Waals surface area contributed by atoms with Crippen molar-refractivity contribution in [2.45, 2.75) is 6.42 Å². The van der Waals surface area contributed by atoms with Gasteiger partial charge in [-0.1, -0.05) is 0 Å². The predicted octanol–water partition coefficient (Wildman–Crippen LogP) is 0.590. The Bertz CT molecular complexity index is 184. The summed E-state index contributed by atoms with van der Waals surface area (Å²) < 4.78 is 15.0. The molecule has 0 aliphatic heterocycles. The minimum atomic E-state index is -2.06. The predicted molar refractivity (Wildman–Crippen MR) is 36.1 cm³/mol. The van der Waals surface area contributed by atoms with Crippen molar-refractivity contribution in [1.29, 1.82) is 5.26 Å². The van der Waals surface area contributed by atoms with Gasteiger partial charge in [-0.3, -0.25) is 9.36 Å². The second-order valence-corrected chi connectivity index (χ2v) is 3.26. The zero-order valence-corrected chi connectivity index (χ0v) is 6.59. The third kappa shape index (κ3) is 4.25. The number of hydrogen-bond donors (Lipinski definition) is 0. The van der Waals surface area contributed by atoms with Gasteiger partial charge in [-0.2, -0.15) is 5.26 Å². The van der Waals surface area contributed by atoms with Crippen LogP contribution >= 0.6 is 8.03 Å². The molecule has 0 aromatic carbocycles. The van der Waals surface area contributed by atoms with Gasteiger partial charge in [-0.25, -0.2) is 0 Å². The Morgan fingerprint density at radius 2 is 2.40 bits per heavy atom. The maximum Gasteiger partial charge on any atom is 0.232 e. The van der Waals surface area contributed by atoms with Crippen LogP contribution in [-0.2, 0) is 13.9 Å². The molecule has 0 aromatic rings. The fraction of sp³-hybridized carbons (Fsp3) is 0.600. The van der Waals surface area contributed by atoms with Gasteiger partial charge in [0.1, 0.15) is 6.07 Å². The van der Waals surface area contributed by atoms with Crippen molar-refractivity contribution in [2.24, 2.45) is 0 Å². The second kappa shape index (κ2) is 5.16. The lowest BCUT2D eigenvalue weighted by Gasteiger charge is -1.93. The Labute approximate surface area is 59.7 Å². The Morgan fingerprint density at radius 3 is 2.80 bits per heavy atom. The molecule has 0 spiro atoms. The van der Waals surface area contributed by atoms with Crippen molar-refractivity contribution in [2.75, 3.05) is 13.3 Å². The zero-order chi connectivity index (χ0) is 7.98. The topological polar surface area (TPSA) is 67.2 Å². The molecule has 0 saturated heterocycles. The molecule has 0 heterocycles. The van der Waals surface area contributed by atoms with Crippen LogP contribution in [0.1, 0.15) is 6.42 Å². The number of rotatable bonds is 4. The molecule has 0 amide bonds. The number of nitriles is 1. The fourth-order valence-electron chi connectivity index (χ4n) is 0.374. The molecule has 4 nitrogen and oxygen atoms in total. The standard InChI is InChI=1S/C5H8NO3P/c1-9-10(8)3-2-5(7)4-6/h10H,2-3H2,1H3. The highest BCUT2D eigenvalue weighted by molar-refractivity contribution is 7.39. The summed E-state index contributed by atoms with van der Waals surface area (Å²) in [5, 5.41) is 7.99. The van der Waals surface area contributed by atoms with Crippen molar-refractivity contribution in [3.05, 3.63) is 0 Å². The molecule has 56 valence electrons. The molecule has 0 N–H and O–H groups in total. The highest BCUT2D eigenvalue weighted by Gasteiger charge is 2.02. The summed E-state index contributed by atoms with van der Waals surface area (Å²) in [4.78, 5) is 10.3. The summed E-state index contributed by atoms with van der Waals surface area (Å²) >= 11 is 0. The minimum absolute atomic E-state index is 0.0299. The molecule has 0 aliphatic carbocycles. The summed E-state index contributed by atoms with van der Waals surface area (Å²) in [5.41, 5.74) is 0. The number of ketones is 1. The van der Waals surface area contributed by atoms with Gasteiger partial charge in [0.05, 0.1) is 0 Å². The van der Waals surface area contributed by atoms with E-state index in [2.05, 4.69) is 4.52 Å². The van der Waals surface area contributed by atoms with Crippen LogP contribution in [0.2, 0.25) is 0 Å². The fourth-order valence-corrected chi connectivity index (χ4v) is 1.01. The molecule has 0 aromatic heterocycles. The Kier molecular flexibility index (Phi) is 4.82. The third-order valence-corrected chi connectivity index (χ3v) is 2.02. The van der Waals surface area contributed by atoms with Gasteiger partial charge in [0.15, 0.2) is 8.03 Å². The van der Waals surface area contributed by atoms with E-state index in [4.69, 9.17) is 5.26 Å². The van der Waals surface area contributed by atoms with Gasteiger partial charge >= 0.3 is 0 Å². The Hall–Kier alpha value is -0.650. The van der Waals surface area contributed by atoms with Crippen molar-refractivity contribution < 1.29 is 13.9 Å². The van der Waals surface area contributed by atoms with E-state index in [1.165, 1.54) is 13.2 Å². The lowest BCUT2D eigenvalue weighted by Crippen LogP contribution is -1.94. The molecule has 0 bridgehead atoms. The SMILES string of the molecule is CO[PH](=O)CCC(=O)C#N. The monoisotopic (exact) mass is 161 g/mol. The van der Waals surface area contributed by atoms with Crippen molar-refractivity contribution in [3.8, 4) is 6.07 Å². The van der Waals surface area contributed by atoms with Gasteiger partial charge < -0.3 is 4.52 Å². The lowest BCUT2D eigenvalue weighted by atomic mass is 10.3. The largest absolute Gasteiger partial charge is 0.334 e. The van der Waals surface area contributed by atoms with Gasteiger partial charge in [0.2, 0.25) is 5.78 Å². The molecular weight excluding hydrogens is 153 g/mol. The average molecular weight is 161 g/mol. The highest BCUT2D eigenvalue weighted by atomic mass is 31.1. The quantitative estimate of drug-likeness (QED) is 0.447. The van der Waals surface area contributed by atoms with Gasteiger partial charge in [0.25, 0.3) is 0 Å². The second-order valence-electron chi connectivity index (χ2n) is 1.61. The van der Waals surface area contributed by atoms with E-state index >= 15 is 0 Å². The number of nitrogens with zero attached hydrogens (tertiary/aromatic N) is 1. The van der Waals surface area contributed by atoms with E-state index in [0.717, 1.165) is 0 Å². The summed E-state index contributed by atoms with van der Waals surface area (Å²) in [6.45, 7) is 0. The Morgan fingerprint density at radius 1 is 1.80 bits per heavy atom. The summed E-state index contributed by atoms with van der Waals surface area (Å²) in [5.74, 6) is -0.546. The Balaban J connectivity index is 3.48. The van der Waals surface area contributed by atoms with Crippen LogP contribution in [0.3, 0.4) is 0 Å². The van der Waals surface area contributed by atoms with Gasteiger partial charge in [0, 0.05) is 19.7 Å². The average Bonchev–Trinajstić information content (AvgIpc) is 1.99. The first-order valence-corrected chi connectivity index (χ1v) is 4.22. The molecule has 5 heteroatoms. The van der Waals surface area contributed by atoms with Crippen LogP contribution in [0.4, 0.5) is 0 Å². The van der Waals surface area contributed by atoms with Crippen LogP contribution in [0.25, 0.3) is 0 Å². The first-order valence-electron chi connectivity index (χ1n) is 2.70. The van der Waals surface area contributed by atoms with Crippen molar-refractivity contribution in [3.63, 3.8) is 0 Å². The molecule has 0 radical (unpaired) electrons. The van der Waals surface area contributed by atoms with E-state index in [0.29, 0.717) is 0 Å². The van der Waals surface area contributed by atoms with Crippen molar-refractivity contribution in [1.82, 2.24) is 0 Å². The summed E-state index contributed by atoms with van der Waals surface area (Å²) in [6, 6.07) is 1.43. The number of carbonyl (C=O) groups excluding carboxylic acids is 1. The first kappa shape index (κ1) is 9.35. The molecule has 1 unspecified atom stereocenters. The lowest BCUT2D eigenvalue weighted by molar-refractivity contribution is -0.113. The number of Topliss-reactive ketones (excluding diaryl/α,β-unsaturated/α-hetero) is 1. The van der Waals surface area contributed by atoms with E-state index in [1.807, 2.05) is 0 Å². The number of hydrogen-bond acceptors (Lipinski definition) is 4. The molecule has 1 atom stereocenters. The normalized spacial score (nSPS) is 12.0. The molecule has 0 saturated carbocycles. The van der Waals surface area contributed by atoms with Crippen LogP contribution in [0, 0.1) is 11.3 Å². The zero-order valence-electron chi connectivity index (χ0n) is 5.59. The van der Waals surface area contributed by atoms with E-state index in [-0.39, 0.29) is 12.6 Å². The summed E-state index contributed by atoms with van der Waals surface area (Å²) in [7, 11) is -0.738. The first-order chi connectivity index (χ1) is 4.70. The van der Waals surface area contributed by atoms with Crippen LogP contribution < -0.4 is 0 Å². The van der Waals surface area contributed by atoms with Crippen LogP contribution in [-0.4, -0.2) is 19.1 Å². The van der Waals surface area contributed by atoms with Crippen LogP contribution in [0.15, 0.2) is 0 Å². The molecule has 10 heavy (non-hydrogen) atoms. The van der Waals surface area contributed by atoms with Gasteiger partial charge in [-0.15, -0.1) is 0 Å². The van der Waals surface area contributed by atoms with Crippen molar-refractivity contribution >= 4 is 13.8 Å². The highest BCUT2D eigenvalue weighted by Crippen LogP contribution is 2.20. The van der Waals surface area contributed by atoms with Crippen LogP contribution in [0.5, 0.6) is 0 Å². The van der Waals surface area contributed by atoms with Gasteiger partial charge in [-0.05, 0) is 0 Å². The van der Waals surface area contributed by atoms with E-state index < -0.39 is 13.8 Å². The smallest absolute Gasteiger partial charge is 0.232 e. The molecule has 0 rings (SSSR count). The summed E-state index contributed by atoms with van der Waals surface area (Å²) in [6.07, 6.45) is 0.204. The molecular formula is C5H8NO3P.